The number of aromatic nitrogens is 3. The Morgan fingerprint density at radius 2 is 2.11 bits per heavy atom. The highest BCUT2D eigenvalue weighted by molar-refractivity contribution is 5.37. The molecular formula is C10H20N6O2. The van der Waals surface area contributed by atoms with E-state index in [0.717, 1.165) is 6.42 Å². The lowest BCUT2D eigenvalue weighted by molar-refractivity contribution is 0.289. The van der Waals surface area contributed by atoms with Crippen LogP contribution in [0.4, 0.5) is 11.9 Å². The van der Waals surface area contributed by atoms with Gasteiger partial charge in [-0.1, -0.05) is 6.92 Å². The molecule has 0 amide bonds. The fourth-order valence-corrected chi connectivity index (χ4v) is 1.33. The van der Waals surface area contributed by atoms with Crippen molar-refractivity contribution in [2.45, 2.75) is 20.3 Å². The summed E-state index contributed by atoms with van der Waals surface area (Å²) in [5.74, 6) is 5.98. The Balaban J connectivity index is 2.94. The van der Waals surface area contributed by atoms with Crippen LogP contribution in [0.3, 0.4) is 0 Å². The van der Waals surface area contributed by atoms with Gasteiger partial charge in [-0.3, -0.25) is 5.43 Å². The van der Waals surface area contributed by atoms with E-state index in [1.54, 1.807) is 4.90 Å². The monoisotopic (exact) mass is 256 g/mol. The van der Waals surface area contributed by atoms with Crippen LogP contribution in [0.5, 0.6) is 6.01 Å². The first kappa shape index (κ1) is 14.4. The van der Waals surface area contributed by atoms with E-state index in [2.05, 4.69) is 20.4 Å². The maximum absolute atomic E-state index is 8.98. The first-order valence-electron chi connectivity index (χ1n) is 5.96. The zero-order chi connectivity index (χ0) is 13.4. The topological polar surface area (TPSA) is 109 Å². The Bertz CT molecular complexity index is 362. The Morgan fingerprint density at radius 3 is 2.67 bits per heavy atom. The van der Waals surface area contributed by atoms with E-state index in [4.69, 9.17) is 15.7 Å². The maximum Gasteiger partial charge on any atom is 0.323 e. The molecule has 0 saturated heterocycles. The average Bonchev–Trinajstić information content (AvgIpc) is 2.42. The van der Waals surface area contributed by atoms with Crippen LogP contribution in [0, 0.1) is 0 Å². The van der Waals surface area contributed by atoms with Crippen molar-refractivity contribution in [1.82, 2.24) is 15.0 Å². The van der Waals surface area contributed by atoms with Crippen molar-refractivity contribution in [2.75, 3.05) is 36.6 Å². The Kier molecular flexibility index (Phi) is 6.09. The van der Waals surface area contributed by atoms with Crippen LogP contribution in [0.25, 0.3) is 0 Å². The molecule has 1 heterocycles. The third-order valence-electron chi connectivity index (χ3n) is 2.20. The molecule has 0 aromatic carbocycles. The normalized spacial score (nSPS) is 10.2. The van der Waals surface area contributed by atoms with Crippen molar-refractivity contribution in [2.24, 2.45) is 5.84 Å². The molecule has 0 bridgehead atoms. The minimum absolute atomic E-state index is 0.0239. The van der Waals surface area contributed by atoms with Crippen LogP contribution in [-0.2, 0) is 0 Å². The summed E-state index contributed by atoms with van der Waals surface area (Å²) in [6.07, 6.45) is 0.862. The van der Waals surface area contributed by atoms with E-state index in [0.29, 0.717) is 25.6 Å². The smallest absolute Gasteiger partial charge is 0.323 e. The molecule has 18 heavy (non-hydrogen) atoms. The van der Waals surface area contributed by atoms with Crippen LogP contribution in [-0.4, -0.2) is 46.4 Å². The van der Waals surface area contributed by atoms with Gasteiger partial charge in [0.1, 0.15) is 0 Å². The zero-order valence-electron chi connectivity index (χ0n) is 10.8. The molecule has 0 radical (unpaired) electrons. The third kappa shape index (κ3) is 3.97. The van der Waals surface area contributed by atoms with E-state index < -0.39 is 0 Å². The third-order valence-corrected chi connectivity index (χ3v) is 2.20. The first-order chi connectivity index (χ1) is 8.74. The number of hydrogen-bond acceptors (Lipinski definition) is 8. The second-order valence-electron chi connectivity index (χ2n) is 3.54. The highest BCUT2D eigenvalue weighted by Gasteiger charge is 2.12. The summed E-state index contributed by atoms with van der Waals surface area (Å²) in [7, 11) is 0. The van der Waals surface area contributed by atoms with Gasteiger partial charge in [-0.25, -0.2) is 5.84 Å². The molecule has 1 aromatic rings. The van der Waals surface area contributed by atoms with Gasteiger partial charge in [0, 0.05) is 13.1 Å². The molecule has 0 unspecified atom stereocenters. The molecule has 8 nitrogen and oxygen atoms in total. The van der Waals surface area contributed by atoms with Gasteiger partial charge in [-0.05, 0) is 13.3 Å². The largest absolute Gasteiger partial charge is 0.463 e. The van der Waals surface area contributed by atoms with Crippen molar-refractivity contribution in [3.63, 3.8) is 0 Å². The summed E-state index contributed by atoms with van der Waals surface area (Å²) < 4.78 is 5.36. The summed E-state index contributed by atoms with van der Waals surface area (Å²) >= 11 is 0. The number of rotatable bonds is 8. The highest BCUT2D eigenvalue weighted by atomic mass is 16.5. The van der Waals surface area contributed by atoms with Crippen molar-refractivity contribution >= 4 is 11.9 Å². The summed E-state index contributed by atoms with van der Waals surface area (Å²) in [5.41, 5.74) is 2.37. The minimum atomic E-state index is 0.0239. The van der Waals surface area contributed by atoms with Crippen LogP contribution in [0.1, 0.15) is 20.3 Å². The van der Waals surface area contributed by atoms with Crippen LogP contribution < -0.4 is 20.9 Å². The summed E-state index contributed by atoms with van der Waals surface area (Å²) in [6, 6.07) is 0.228. The van der Waals surface area contributed by atoms with Gasteiger partial charge in [0.05, 0.1) is 13.2 Å². The van der Waals surface area contributed by atoms with Crippen LogP contribution in [0.2, 0.25) is 0 Å². The van der Waals surface area contributed by atoms with E-state index >= 15 is 0 Å². The predicted octanol–water partition coefficient (Wildman–Crippen LogP) is -0.235. The molecule has 8 heteroatoms. The number of aliphatic hydroxyl groups excluding tert-OH is 1. The zero-order valence-corrected chi connectivity index (χ0v) is 10.8. The van der Waals surface area contributed by atoms with Gasteiger partial charge in [0.25, 0.3) is 0 Å². The fourth-order valence-electron chi connectivity index (χ4n) is 1.33. The van der Waals surface area contributed by atoms with Gasteiger partial charge in [-0.2, -0.15) is 15.0 Å². The summed E-state index contributed by atoms with van der Waals surface area (Å²) in [6.45, 7) is 5.60. The molecule has 0 aliphatic heterocycles. The van der Waals surface area contributed by atoms with Crippen molar-refractivity contribution < 1.29 is 9.84 Å². The van der Waals surface area contributed by atoms with Gasteiger partial charge >= 0.3 is 6.01 Å². The van der Waals surface area contributed by atoms with Gasteiger partial charge in [-0.15, -0.1) is 0 Å². The molecule has 0 spiro atoms. The van der Waals surface area contributed by atoms with E-state index in [-0.39, 0.29) is 18.6 Å². The second-order valence-corrected chi connectivity index (χ2v) is 3.54. The second kappa shape index (κ2) is 7.62. The summed E-state index contributed by atoms with van der Waals surface area (Å²) in [5, 5.41) is 8.98. The molecule has 0 aliphatic carbocycles. The number of aliphatic hydroxyl groups is 1. The Hall–Kier alpha value is -1.67. The van der Waals surface area contributed by atoms with Gasteiger partial charge in [0.15, 0.2) is 0 Å². The lowest BCUT2D eigenvalue weighted by Gasteiger charge is -2.20. The SMILES string of the molecule is CCCOc1nc(NN)nc(N(CC)CCO)n1. The number of hydrazine groups is 1. The number of likely N-dealkylation sites (N-methyl/N-ethyl adjacent to an activating group) is 1. The molecular weight excluding hydrogens is 236 g/mol. The average molecular weight is 256 g/mol. The maximum atomic E-state index is 8.98. The van der Waals surface area contributed by atoms with Gasteiger partial charge in [0.2, 0.25) is 11.9 Å². The lowest BCUT2D eigenvalue weighted by Crippen LogP contribution is -2.29. The number of nitrogen functional groups attached to an aromatic ring is 1. The van der Waals surface area contributed by atoms with Crippen molar-refractivity contribution in [1.29, 1.82) is 0 Å². The first-order valence-corrected chi connectivity index (χ1v) is 5.96. The van der Waals surface area contributed by atoms with Gasteiger partial charge < -0.3 is 14.7 Å². The van der Waals surface area contributed by atoms with Crippen molar-refractivity contribution in [3.05, 3.63) is 0 Å². The molecule has 1 aromatic heterocycles. The predicted molar refractivity (Wildman–Crippen MR) is 68.4 cm³/mol. The number of nitrogens with zero attached hydrogens (tertiary/aromatic N) is 4. The Labute approximate surface area is 106 Å². The number of nitrogens with one attached hydrogen (secondary N) is 1. The summed E-state index contributed by atoms with van der Waals surface area (Å²) in [4.78, 5) is 14.1. The van der Waals surface area contributed by atoms with E-state index in [1.807, 2.05) is 13.8 Å². The van der Waals surface area contributed by atoms with E-state index in [9.17, 15) is 0 Å². The quantitative estimate of drug-likeness (QED) is 0.432. The molecule has 0 fully saturated rings. The number of ether oxygens (including phenoxy) is 1. The van der Waals surface area contributed by atoms with Crippen molar-refractivity contribution in [3.8, 4) is 6.01 Å². The number of nitrogens with two attached hydrogens (primary N) is 1. The lowest BCUT2D eigenvalue weighted by atomic mass is 10.5. The highest BCUT2D eigenvalue weighted by Crippen LogP contribution is 2.14. The molecule has 0 aliphatic rings. The molecule has 1 rings (SSSR count). The van der Waals surface area contributed by atoms with Crippen LogP contribution in [0.15, 0.2) is 0 Å². The Morgan fingerprint density at radius 1 is 1.33 bits per heavy atom. The molecule has 4 N–H and O–H groups in total. The molecule has 0 atom stereocenters. The van der Waals surface area contributed by atoms with E-state index in [1.165, 1.54) is 0 Å². The standard InChI is InChI=1S/C10H20N6O2/c1-3-7-18-10-13-8(15-11)12-9(14-10)16(4-2)5-6-17/h17H,3-7,11H2,1-2H3,(H,12,13,14,15). The minimum Gasteiger partial charge on any atom is -0.463 e. The fraction of sp³-hybridized carbons (Fsp3) is 0.700. The number of hydrogen-bond donors (Lipinski definition) is 3. The van der Waals surface area contributed by atoms with Crippen LogP contribution >= 0.6 is 0 Å². The molecule has 102 valence electrons. The number of anilines is 2. The molecule has 0 saturated carbocycles.